The average molecular weight is 411 g/mol. The SMILES string of the molecule is [CH-]=NN(C)[C-]=Nc1ccccc1CC.[V].[Yb]. The van der Waals surface area contributed by atoms with Crippen molar-refractivity contribution in [1.82, 2.24) is 5.01 Å². The molecular weight excluding hydrogens is 398 g/mol. The van der Waals surface area contributed by atoms with Gasteiger partial charge in [-0.2, -0.15) is 0 Å². The van der Waals surface area contributed by atoms with Gasteiger partial charge in [-0.15, -0.1) is 11.6 Å². The topological polar surface area (TPSA) is 28.0 Å². The third kappa shape index (κ3) is 6.26. The van der Waals surface area contributed by atoms with Crippen molar-refractivity contribution in [2.24, 2.45) is 10.1 Å². The normalized spacial score (nSPS) is 9.12. The second-order valence-electron chi connectivity index (χ2n) is 2.83. The first-order valence-electron chi connectivity index (χ1n) is 4.46. The number of aryl methyl sites for hydroxylation is 1. The quantitative estimate of drug-likeness (QED) is 0.246. The zero-order valence-electron chi connectivity index (χ0n) is 9.15. The summed E-state index contributed by atoms with van der Waals surface area (Å²) in [7, 11) is 1.68. The summed E-state index contributed by atoms with van der Waals surface area (Å²) >= 11 is 0. The van der Waals surface area contributed by atoms with Crippen LogP contribution in [0.25, 0.3) is 0 Å². The molecule has 0 saturated carbocycles. The Morgan fingerprint density at radius 1 is 1.38 bits per heavy atom. The predicted molar refractivity (Wildman–Crippen MR) is 59.2 cm³/mol. The van der Waals surface area contributed by atoms with Crippen LogP contribution in [0.1, 0.15) is 12.5 Å². The van der Waals surface area contributed by atoms with E-state index in [1.54, 1.807) is 7.05 Å². The van der Waals surface area contributed by atoms with Crippen LogP contribution in [0, 0.1) is 46.9 Å². The summed E-state index contributed by atoms with van der Waals surface area (Å²) < 4.78 is 0. The van der Waals surface area contributed by atoms with Gasteiger partial charge in [0.05, 0.1) is 0 Å². The van der Waals surface area contributed by atoms with Crippen LogP contribution in [-0.4, -0.2) is 25.1 Å². The minimum atomic E-state index is 0. The van der Waals surface area contributed by atoms with E-state index < -0.39 is 0 Å². The van der Waals surface area contributed by atoms with Gasteiger partial charge in [0.2, 0.25) is 0 Å². The molecule has 0 spiro atoms. The molecule has 0 saturated heterocycles. The van der Waals surface area contributed by atoms with Gasteiger partial charge in [0.15, 0.2) is 0 Å². The first kappa shape index (κ1) is 18.8. The zero-order valence-corrected chi connectivity index (χ0v) is 12.3. The van der Waals surface area contributed by atoms with E-state index >= 15 is 0 Å². The van der Waals surface area contributed by atoms with E-state index in [9.17, 15) is 0 Å². The molecular formula is C11H13N3VYb-2. The summed E-state index contributed by atoms with van der Waals surface area (Å²) in [6.07, 6.45) is 3.64. The zero-order chi connectivity index (χ0) is 10.4. The van der Waals surface area contributed by atoms with Crippen molar-refractivity contribution in [3.63, 3.8) is 0 Å². The third-order valence-corrected chi connectivity index (χ3v) is 1.86. The standard InChI is InChI=1S/C11H13N3.V.Yb/c1-4-10-7-5-6-8-11(10)13-9-14(3)12-2;;/h2,5-8H,4H2,1,3H3;;/q-2;;. The molecule has 0 amide bonds. The molecule has 1 aromatic carbocycles. The molecule has 93 valence electrons. The van der Waals surface area contributed by atoms with E-state index in [1.807, 2.05) is 24.3 Å². The molecule has 0 bridgehead atoms. The molecule has 1 rings (SSSR count). The molecule has 0 heterocycles. The van der Waals surface area contributed by atoms with Crippen LogP contribution in [0.3, 0.4) is 0 Å². The van der Waals surface area contributed by atoms with Crippen LogP contribution in [0.5, 0.6) is 0 Å². The molecule has 0 aliphatic rings. The molecule has 0 fully saturated rings. The van der Waals surface area contributed by atoms with Gasteiger partial charge in [0, 0.05) is 72.5 Å². The van der Waals surface area contributed by atoms with Crippen molar-refractivity contribution in [2.45, 2.75) is 13.3 Å². The Balaban J connectivity index is 0. The number of hydrazone groups is 1. The van der Waals surface area contributed by atoms with Gasteiger partial charge in [-0.25, -0.2) is 0 Å². The smallest absolute Gasteiger partial charge is 0.00794 e. The maximum atomic E-state index is 5.04. The van der Waals surface area contributed by atoms with Gasteiger partial charge in [0.25, 0.3) is 0 Å². The maximum absolute atomic E-state index is 5.04. The predicted octanol–water partition coefficient (Wildman–Crippen LogP) is 2.21. The summed E-state index contributed by atoms with van der Waals surface area (Å²) in [5.74, 6) is 0. The molecule has 0 unspecified atom stereocenters. The Labute approximate surface area is 148 Å². The van der Waals surface area contributed by atoms with E-state index in [0.717, 1.165) is 12.1 Å². The number of nitrogens with zero attached hydrogens (tertiary/aromatic N) is 3. The molecule has 3 nitrogen and oxygen atoms in total. The van der Waals surface area contributed by atoms with Crippen LogP contribution >= 0.6 is 0 Å². The second-order valence-corrected chi connectivity index (χ2v) is 2.83. The Morgan fingerprint density at radius 2 is 2.00 bits per heavy atom. The Bertz CT molecular complexity index is 342. The summed E-state index contributed by atoms with van der Waals surface area (Å²) in [5.41, 5.74) is 2.09. The van der Waals surface area contributed by atoms with Crippen LogP contribution in [0.15, 0.2) is 34.4 Å². The van der Waals surface area contributed by atoms with E-state index in [4.69, 9.17) is 6.72 Å². The molecule has 16 heavy (non-hydrogen) atoms. The summed E-state index contributed by atoms with van der Waals surface area (Å²) in [6, 6.07) is 7.92. The summed E-state index contributed by atoms with van der Waals surface area (Å²) in [6.45, 7) is 7.12. The Kier molecular flexibility index (Phi) is 12.5. The van der Waals surface area contributed by atoms with E-state index in [-0.39, 0.29) is 65.5 Å². The van der Waals surface area contributed by atoms with Crippen LogP contribution in [0.2, 0.25) is 0 Å². The van der Waals surface area contributed by atoms with Crippen LogP contribution < -0.4 is 0 Å². The number of aliphatic imine (C=N–C) groups is 1. The van der Waals surface area contributed by atoms with Crippen molar-refractivity contribution < 1.29 is 65.5 Å². The van der Waals surface area contributed by atoms with Crippen LogP contribution in [0.4, 0.5) is 5.69 Å². The molecule has 0 aromatic heterocycles. The van der Waals surface area contributed by atoms with Gasteiger partial charge in [-0.3, -0.25) is 0 Å². The molecule has 5 heteroatoms. The molecule has 0 aliphatic carbocycles. The number of benzene rings is 1. The Hall–Kier alpha value is 0.464. The molecule has 0 aliphatic heterocycles. The average Bonchev–Trinajstić information content (AvgIpc) is 2.26. The van der Waals surface area contributed by atoms with Gasteiger partial charge in [0.1, 0.15) is 0 Å². The molecule has 0 atom stereocenters. The van der Waals surface area contributed by atoms with E-state index in [2.05, 4.69) is 23.4 Å². The van der Waals surface area contributed by atoms with Crippen LogP contribution in [-0.2, 0) is 25.0 Å². The van der Waals surface area contributed by atoms with Crippen molar-refractivity contribution >= 4 is 18.7 Å². The second kappa shape index (κ2) is 10.6. The number of hydrogen-bond donors (Lipinski definition) is 0. The molecule has 1 radical (unpaired) electrons. The van der Waals surface area contributed by atoms with Crippen molar-refractivity contribution in [2.75, 3.05) is 7.05 Å². The first-order valence-corrected chi connectivity index (χ1v) is 4.46. The monoisotopic (exact) mass is 412 g/mol. The van der Waals surface area contributed by atoms with Crippen molar-refractivity contribution in [1.29, 1.82) is 0 Å². The minimum absolute atomic E-state index is 0. The third-order valence-electron chi connectivity index (χ3n) is 1.86. The van der Waals surface area contributed by atoms with Gasteiger partial charge in [-0.1, -0.05) is 37.1 Å². The fourth-order valence-corrected chi connectivity index (χ4v) is 1.07. The maximum Gasteiger partial charge on any atom is 0.00794 e. The van der Waals surface area contributed by atoms with E-state index in [1.165, 1.54) is 10.6 Å². The first-order chi connectivity index (χ1) is 6.77. The Morgan fingerprint density at radius 3 is 2.56 bits per heavy atom. The fourth-order valence-electron chi connectivity index (χ4n) is 1.07. The summed E-state index contributed by atoms with van der Waals surface area (Å²) in [4.78, 5) is 4.15. The fraction of sp³-hybridized carbons (Fsp3) is 0.273. The molecule has 0 N–H and O–H groups in total. The summed E-state index contributed by atoms with van der Waals surface area (Å²) in [5, 5.41) is 4.73. The van der Waals surface area contributed by atoms with Gasteiger partial charge >= 0.3 is 0 Å². The van der Waals surface area contributed by atoms with E-state index in [0.29, 0.717) is 0 Å². The van der Waals surface area contributed by atoms with Crippen molar-refractivity contribution in [3.05, 3.63) is 29.8 Å². The number of rotatable bonds is 4. The van der Waals surface area contributed by atoms with Gasteiger partial charge in [-0.05, 0) is 6.42 Å². The number of hydrogen-bond acceptors (Lipinski definition) is 2. The largest absolute Gasteiger partial charge is 0.432 e. The van der Waals surface area contributed by atoms with Gasteiger partial charge < -0.3 is 21.8 Å². The number of para-hydroxylation sites is 1. The van der Waals surface area contributed by atoms with Crippen molar-refractivity contribution in [3.8, 4) is 0 Å². The molecule has 1 aromatic rings. The minimum Gasteiger partial charge on any atom is -0.432 e.